The van der Waals surface area contributed by atoms with E-state index < -0.39 is 0 Å². The molecule has 0 bridgehead atoms. The van der Waals surface area contributed by atoms with Crippen LogP contribution in [0.15, 0.2) is 24.3 Å². The SMILES string of the molecule is CC(=O)COc1ccccc1C(C)C. The summed E-state index contributed by atoms with van der Waals surface area (Å²) in [5, 5.41) is 0. The van der Waals surface area contributed by atoms with Crippen molar-refractivity contribution < 1.29 is 9.53 Å². The van der Waals surface area contributed by atoms with E-state index in [0.29, 0.717) is 5.92 Å². The Hall–Kier alpha value is -1.31. The minimum atomic E-state index is 0.0450. The summed E-state index contributed by atoms with van der Waals surface area (Å²) in [7, 11) is 0. The van der Waals surface area contributed by atoms with Crippen LogP contribution in [-0.4, -0.2) is 12.4 Å². The van der Waals surface area contributed by atoms with Crippen LogP contribution in [0.4, 0.5) is 0 Å². The quantitative estimate of drug-likeness (QED) is 0.733. The van der Waals surface area contributed by atoms with Crippen LogP contribution < -0.4 is 4.74 Å². The molecule has 0 unspecified atom stereocenters. The Labute approximate surface area is 84.9 Å². The summed E-state index contributed by atoms with van der Waals surface area (Å²) in [5.41, 5.74) is 1.15. The topological polar surface area (TPSA) is 26.3 Å². The summed E-state index contributed by atoms with van der Waals surface area (Å²) in [4.78, 5) is 10.8. The van der Waals surface area contributed by atoms with Crippen molar-refractivity contribution in [3.05, 3.63) is 29.8 Å². The first kappa shape index (κ1) is 10.8. The third-order valence-corrected chi connectivity index (χ3v) is 1.97. The van der Waals surface area contributed by atoms with Crippen LogP contribution in [0.2, 0.25) is 0 Å². The van der Waals surface area contributed by atoms with Gasteiger partial charge in [0.25, 0.3) is 0 Å². The van der Waals surface area contributed by atoms with Crippen LogP contribution in [0.25, 0.3) is 0 Å². The highest BCUT2D eigenvalue weighted by atomic mass is 16.5. The molecule has 1 rings (SSSR count). The highest BCUT2D eigenvalue weighted by molar-refractivity contribution is 5.77. The average Bonchev–Trinajstić information content (AvgIpc) is 2.15. The molecule has 0 saturated carbocycles. The number of ketones is 1. The summed E-state index contributed by atoms with van der Waals surface area (Å²) in [6, 6.07) is 7.83. The van der Waals surface area contributed by atoms with Crippen molar-refractivity contribution in [1.82, 2.24) is 0 Å². The standard InChI is InChI=1S/C12H16O2/c1-9(2)11-6-4-5-7-12(11)14-8-10(3)13/h4-7,9H,8H2,1-3H3. The van der Waals surface area contributed by atoms with Crippen LogP contribution in [0, 0.1) is 0 Å². The van der Waals surface area contributed by atoms with Crippen molar-refractivity contribution in [3.63, 3.8) is 0 Å². The third kappa shape index (κ3) is 2.87. The van der Waals surface area contributed by atoms with Crippen LogP contribution in [-0.2, 0) is 4.79 Å². The molecule has 0 saturated heterocycles. The molecular formula is C12H16O2. The molecule has 2 nitrogen and oxygen atoms in total. The van der Waals surface area contributed by atoms with Crippen molar-refractivity contribution in [3.8, 4) is 5.75 Å². The zero-order chi connectivity index (χ0) is 10.6. The molecule has 1 aromatic rings. The summed E-state index contributed by atoms with van der Waals surface area (Å²) in [5.74, 6) is 1.28. The fraction of sp³-hybridized carbons (Fsp3) is 0.417. The van der Waals surface area contributed by atoms with Gasteiger partial charge in [0.1, 0.15) is 12.4 Å². The van der Waals surface area contributed by atoms with E-state index in [0.717, 1.165) is 11.3 Å². The van der Waals surface area contributed by atoms with Crippen molar-refractivity contribution in [1.29, 1.82) is 0 Å². The van der Waals surface area contributed by atoms with Crippen LogP contribution >= 0.6 is 0 Å². The fourth-order valence-electron chi connectivity index (χ4n) is 1.27. The highest BCUT2D eigenvalue weighted by Gasteiger charge is 2.06. The lowest BCUT2D eigenvalue weighted by molar-refractivity contribution is -0.118. The second kappa shape index (κ2) is 4.80. The Kier molecular flexibility index (Phi) is 3.69. The minimum Gasteiger partial charge on any atom is -0.486 e. The van der Waals surface area contributed by atoms with Gasteiger partial charge in [0.05, 0.1) is 0 Å². The fourth-order valence-corrected chi connectivity index (χ4v) is 1.27. The maximum absolute atomic E-state index is 10.8. The summed E-state index contributed by atoms with van der Waals surface area (Å²) >= 11 is 0. The molecule has 0 amide bonds. The number of ether oxygens (including phenoxy) is 1. The van der Waals surface area contributed by atoms with Crippen molar-refractivity contribution in [2.24, 2.45) is 0 Å². The third-order valence-electron chi connectivity index (χ3n) is 1.97. The van der Waals surface area contributed by atoms with E-state index in [1.165, 1.54) is 6.92 Å². The Balaban J connectivity index is 2.79. The Bertz CT molecular complexity index is 316. The molecule has 0 aliphatic heterocycles. The summed E-state index contributed by atoms with van der Waals surface area (Å²) in [6.07, 6.45) is 0. The number of Topliss-reactive ketones (excluding diaryl/α,β-unsaturated/α-hetero) is 1. The van der Waals surface area contributed by atoms with E-state index >= 15 is 0 Å². The first-order valence-corrected chi connectivity index (χ1v) is 4.82. The van der Waals surface area contributed by atoms with Crippen molar-refractivity contribution in [2.75, 3.05) is 6.61 Å². The molecule has 0 spiro atoms. The molecule has 0 atom stereocenters. The molecule has 0 radical (unpaired) electrons. The average molecular weight is 192 g/mol. The van der Waals surface area contributed by atoms with Gasteiger partial charge < -0.3 is 4.74 Å². The van der Waals surface area contributed by atoms with Crippen molar-refractivity contribution in [2.45, 2.75) is 26.7 Å². The Morgan fingerprint density at radius 2 is 2.00 bits per heavy atom. The highest BCUT2D eigenvalue weighted by Crippen LogP contribution is 2.25. The number of hydrogen-bond donors (Lipinski definition) is 0. The van der Waals surface area contributed by atoms with Gasteiger partial charge in [-0.3, -0.25) is 4.79 Å². The van der Waals surface area contributed by atoms with E-state index in [4.69, 9.17) is 4.74 Å². The van der Waals surface area contributed by atoms with E-state index in [-0.39, 0.29) is 12.4 Å². The van der Waals surface area contributed by atoms with Gasteiger partial charge in [-0.25, -0.2) is 0 Å². The van der Waals surface area contributed by atoms with Gasteiger partial charge in [-0.05, 0) is 24.5 Å². The van der Waals surface area contributed by atoms with E-state index in [9.17, 15) is 4.79 Å². The molecule has 1 aromatic carbocycles. The molecule has 0 aliphatic rings. The smallest absolute Gasteiger partial charge is 0.167 e. The van der Waals surface area contributed by atoms with Gasteiger partial charge in [0.15, 0.2) is 5.78 Å². The van der Waals surface area contributed by atoms with Crippen molar-refractivity contribution >= 4 is 5.78 Å². The second-order valence-electron chi connectivity index (χ2n) is 3.68. The van der Waals surface area contributed by atoms with Gasteiger partial charge >= 0.3 is 0 Å². The number of rotatable bonds is 4. The number of benzene rings is 1. The van der Waals surface area contributed by atoms with Gasteiger partial charge in [-0.1, -0.05) is 32.0 Å². The van der Waals surface area contributed by atoms with E-state index in [2.05, 4.69) is 13.8 Å². The number of para-hydroxylation sites is 1. The second-order valence-corrected chi connectivity index (χ2v) is 3.68. The minimum absolute atomic E-state index is 0.0450. The maximum atomic E-state index is 10.8. The van der Waals surface area contributed by atoms with Gasteiger partial charge in [0, 0.05) is 0 Å². The zero-order valence-electron chi connectivity index (χ0n) is 8.91. The summed E-state index contributed by atoms with van der Waals surface area (Å²) < 4.78 is 5.41. The predicted octanol–water partition coefficient (Wildman–Crippen LogP) is 2.78. The van der Waals surface area contributed by atoms with Crippen LogP contribution in [0.3, 0.4) is 0 Å². The normalized spacial score (nSPS) is 10.3. The van der Waals surface area contributed by atoms with Gasteiger partial charge in [0.2, 0.25) is 0 Å². The molecular weight excluding hydrogens is 176 g/mol. The van der Waals surface area contributed by atoms with E-state index in [1.807, 2.05) is 24.3 Å². The molecule has 0 fully saturated rings. The van der Waals surface area contributed by atoms with Crippen LogP contribution in [0.5, 0.6) is 5.75 Å². The number of carbonyl (C=O) groups excluding carboxylic acids is 1. The molecule has 14 heavy (non-hydrogen) atoms. The van der Waals surface area contributed by atoms with Crippen LogP contribution in [0.1, 0.15) is 32.3 Å². The number of carbonyl (C=O) groups is 1. The molecule has 2 heteroatoms. The predicted molar refractivity (Wildman–Crippen MR) is 56.7 cm³/mol. The monoisotopic (exact) mass is 192 g/mol. The number of hydrogen-bond acceptors (Lipinski definition) is 2. The maximum Gasteiger partial charge on any atom is 0.167 e. The first-order chi connectivity index (χ1) is 6.61. The van der Waals surface area contributed by atoms with Gasteiger partial charge in [-0.2, -0.15) is 0 Å². The lowest BCUT2D eigenvalue weighted by atomic mass is 10.0. The lowest BCUT2D eigenvalue weighted by Crippen LogP contribution is -2.08. The molecule has 0 aromatic heterocycles. The molecule has 0 heterocycles. The molecule has 0 aliphatic carbocycles. The molecule has 76 valence electrons. The first-order valence-electron chi connectivity index (χ1n) is 4.82. The lowest BCUT2D eigenvalue weighted by Gasteiger charge is -2.12. The largest absolute Gasteiger partial charge is 0.486 e. The Morgan fingerprint density at radius 1 is 1.36 bits per heavy atom. The van der Waals surface area contributed by atoms with E-state index in [1.54, 1.807) is 0 Å². The molecule has 0 N–H and O–H groups in total. The summed E-state index contributed by atoms with van der Waals surface area (Å²) in [6.45, 7) is 5.90. The van der Waals surface area contributed by atoms with Gasteiger partial charge in [-0.15, -0.1) is 0 Å². The Morgan fingerprint density at radius 3 is 2.57 bits per heavy atom. The zero-order valence-corrected chi connectivity index (χ0v) is 8.91.